The summed E-state index contributed by atoms with van der Waals surface area (Å²) in [6.07, 6.45) is 5.28. The normalized spacial score (nSPS) is 11.9. The Labute approximate surface area is 204 Å². The summed E-state index contributed by atoms with van der Waals surface area (Å²) in [6.45, 7) is 4.35. The topological polar surface area (TPSA) is 90.1 Å². The molecule has 0 saturated heterocycles. The van der Waals surface area contributed by atoms with Crippen LogP contribution in [0.5, 0.6) is 0 Å². The molecule has 1 aromatic carbocycles. The Kier molecular flexibility index (Phi) is 7.50. The van der Waals surface area contributed by atoms with Gasteiger partial charge in [0.2, 0.25) is 11.6 Å². The number of hydrogen-bond acceptors (Lipinski definition) is 5. The standard InChI is InChI=1S/C23H27BrF2N8/c1-3-5-7-19-27-22(23(25,26)13-6-4-2)30-34(19)15-16-8-10-17(11-9-16)33-14-12-18(24)20(33)21-28-31-32-29-21/h8-12,14H,3-7,13,15H2,1-2H3,(H,28,29,31,32). The van der Waals surface area contributed by atoms with Crippen molar-refractivity contribution in [3.63, 3.8) is 0 Å². The lowest BCUT2D eigenvalue weighted by Crippen LogP contribution is -2.16. The van der Waals surface area contributed by atoms with E-state index in [1.165, 1.54) is 0 Å². The number of aromatic nitrogens is 8. The monoisotopic (exact) mass is 532 g/mol. The second-order valence-electron chi connectivity index (χ2n) is 8.20. The van der Waals surface area contributed by atoms with E-state index >= 15 is 0 Å². The third kappa shape index (κ3) is 5.24. The maximum Gasteiger partial charge on any atom is 0.308 e. The number of H-pyrrole nitrogens is 1. The first kappa shape index (κ1) is 24.2. The van der Waals surface area contributed by atoms with Gasteiger partial charge >= 0.3 is 5.92 Å². The zero-order valence-corrected chi connectivity index (χ0v) is 20.8. The Bertz CT molecular complexity index is 1200. The zero-order valence-electron chi connectivity index (χ0n) is 19.2. The molecule has 0 saturated carbocycles. The SMILES string of the molecule is CCCCc1nc(C(F)(F)CCCC)nn1Cc1ccc(-n2ccc(Br)c2-c2nn[nH]n2)cc1. The van der Waals surface area contributed by atoms with E-state index in [2.05, 4.69) is 53.6 Å². The average Bonchev–Trinajstić information content (AvgIpc) is 3.57. The molecule has 0 radical (unpaired) electrons. The Hall–Kier alpha value is -2.95. The summed E-state index contributed by atoms with van der Waals surface area (Å²) in [6, 6.07) is 9.76. The summed E-state index contributed by atoms with van der Waals surface area (Å²) in [5.74, 6) is -2.31. The second-order valence-corrected chi connectivity index (χ2v) is 9.06. The van der Waals surface area contributed by atoms with Crippen molar-refractivity contribution in [2.45, 2.75) is 64.8 Å². The van der Waals surface area contributed by atoms with Gasteiger partial charge in [-0.2, -0.15) is 14.0 Å². The third-order valence-electron chi connectivity index (χ3n) is 5.61. The van der Waals surface area contributed by atoms with Crippen molar-refractivity contribution in [2.75, 3.05) is 0 Å². The first-order valence-corrected chi connectivity index (χ1v) is 12.2. The van der Waals surface area contributed by atoms with Crippen LogP contribution in [0.3, 0.4) is 0 Å². The van der Waals surface area contributed by atoms with Gasteiger partial charge in [-0.25, -0.2) is 9.67 Å². The molecule has 4 aromatic rings. The van der Waals surface area contributed by atoms with E-state index < -0.39 is 5.92 Å². The molecular weight excluding hydrogens is 506 g/mol. The number of hydrogen-bond donors (Lipinski definition) is 1. The van der Waals surface area contributed by atoms with Gasteiger partial charge in [0.05, 0.1) is 6.54 Å². The van der Waals surface area contributed by atoms with Crippen LogP contribution in [-0.2, 0) is 18.9 Å². The molecule has 0 aliphatic carbocycles. The van der Waals surface area contributed by atoms with Crippen LogP contribution in [0.1, 0.15) is 63.2 Å². The molecule has 0 spiro atoms. The Morgan fingerprint density at radius 3 is 2.50 bits per heavy atom. The lowest BCUT2D eigenvalue weighted by molar-refractivity contribution is -0.0245. The number of nitrogens with zero attached hydrogens (tertiary/aromatic N) is 7. The van der Waals surface area contributed by atoms with Crippen molar-refractivity contribution in [1.29, 1.82) is 0 Å². The Balaban J connectivity index is 1.58. The van der Waals surface area contributed by atoms with Crippen LogP contribution in [0.15, 0.2) is 41.0 Å². The van der Waals surface area contributed by atoms with Crippen molar-refractivity contribution in [3.8, 4) is 17.2 Å². The number of benzene rings is 1. The summed E-state index contributed by atoms with van der Waals surface area (Å²) in [4.78, 5) is 4.25. The molecule has 1 N–H and O–H groups in total. The van der Waals surface area contributed by atoms with Gasteiger partial charge in [0.15, 0.2) is 0 Å². The number of nitrogens with one attached hydrogen (secondary N) is 1. The average molecular weight is 533 g/mol. The van der Waals surface area contributed by atoms with E-state index in [-0.39, 0.29) is 12.2 Å². The molecule has 0 unspecified atom stereocenters. The minimum Gasteiger partial charge on any atom is -0.313 e. The maximum absolute atomic E-state index is 14.6. The van der Waals surface area contributed by atoms with Crippen LogP contribution in [0.2, 0.25) is 0 Å². The third-order valence-corrected chi connectivity index (χ3v) is 6.25. The molecule has 3 heterocycles. The Morgan fingerprint density at radius 2 is 1.82 bits per heavy atom. The zero-order chi connectivity index (χ0) is 24.1. The Morgan fingerprint density at radius 1 is 1.06 bits per heavy atom. The molecule has 0 bridgehead atoms. The van der Waals surface area contributed by atoms with Crippen molar-refractivity contribution < 1.29 is 8.78 Å². The maximum atomic E-state index is 14.6. The highest BCUT2D eigenvalue weighted by Gasteiger charge is 2.36. The highest BCUT2D eigenvalue weighted by molar-refractivity contribution is 9.10. The van der Waals surface area contributed by atoms with E-state index in [0.717, 1.165) is 34.3 Å². The van der Waals surface area contributed by atoms with Crippen molar-refractivity contribution >= 4 is 15.9 Å². The first-order valence-electron chi connectivity index (χ1n) is 11.4. The van der Waals surface area contributed by atoms with Gasteiger partial charge in [-0.05, 0) is 57.7 Å². The fourth-order valence-electron chi connectivity index (χ4n) is 3.72. The minimum atomic E-state index is -3.01. The molecule has 0 atom stereocenters. The van der Waals surface area contributed by atoms with Crippen LogP contribution in [0.4, 0.5) is 8.78 Å². The lowest BCUT2D eigenvalue weighted by atomic mass is 10.1. The molecule has 34 heavy (non-hydrogen) atoms. The number of halogens is 3. The van der Waals surface area contributed by atoms with Gasteiger partial charge < -0.3 is 4.57 Å². The second kappa shape index (κ2) is 10.5. The summed E-state index contributed by atoms with van der Waals surface area (Å²) in [7, 11) is 0. The minimum absolute atomic E-state index is 0.232. The molecule has 4 rings (SSSR count). The van der Waals surface area contributed by atoms with Gasteiger partial charge in [-0.15, -0.1) is 15.3 Å². The lowest BCUT2D eigenvalue weighted by Gasteiger charge is -2.11. The summed E-state index contributed by atoms with van der Waals surface area (Å²) < 4.78 is 33.7. The number of tetrazole rings is 1. The van der Waals surface area contributed by atoms with E-state index in [9.17, 15) is 8.78 Å². The van der Waals surface area contributed by atoms with Crippen molar-refractivity contribution in [3.05, 3.63) is 58.2 Å². The van der Waals surface area contributed by atoms with E-state index in [1.54, 1.807) is 4.68 Å². The quantitative estimate of drug-likeness (QED) is 0.268. The van der Waals surface area contributed by atoms with Gasteiger partial charge in [-0.1, -0.05) is 38.8 Å². The van der Waals surface area contributed by atoms with Crippen molar-refractivity contribution in [2.24, 2.45) is 0 Å². The summed E-state index contributed by atoms with van der Waals surface area (Å²) in [5.41, 5.74) is 2.63. The highest BCUT2D eigenvalue weighted by atomic mass is 79.9. The molecule has 0 amide bonds. The fraction of sp³-hybridized carbons (Fsp3) is 0.435. The predicted octanol–water partition coefficient (Wildman–Crippen LogP) is 5.68. The van der Waals surface area contributed by atoms with E-state index in [0.29, 0.717) is 37.5 Å². The van der Waals surface area contributed by atoms with Crippen LogP contribution in [-0.4, -0.2) is 40.0 Å². The fourth-order valence-corrected chi connectivity index (χ4v) is 4.21. The van der Waals surface area contributed by atoms with E-state index in [1.807, 2.05) is 48.0 Å². The number of alkyl halides is 2. The van der Waals surface area contributed by atoms with Gasteiger partial charge in [0.25, 0.3) is 0 Å². The molecule has 0 aliphatic rings. The van der Waals surface area contributed by atoms with Crippen LogP contribution in [0, 0.1) is 0 Å². The summed E-state index contributed by atoms with van der Waals surface area (Å²) in [5, 5.41) is 18.5. The largest absolute Gasteiger partial charge is 0.313 e. The molecule has 11 heteroatoms. The van der Waals surface area contributed by atoms with E-state index in [4.69, 9.17) is 0 Å². The molecule has 180 valence electrons. The predicted molar refractivity (Wildman–Crippen MR) is 128 cm³/mol. The molecule has 0 aliphatic heterocycles. The van der Waals surface area contributed by atoms with Crippen molar-refractivity contribution in [1.82, 2.24) is 40.0 Å². The molecule has 8 nitrogen and oxygen atoms in total. The van der Waals surface area contributed by atoms with Gasteiger partial charge in [0.1, 0.15) is 11.5 Å². The van der Waals surface area contributed by atoms with Crippen LogP contribution >= 0.6 is 15.9 Å². The van der Waals surface area contributed by atoms with Crippen LogP contribution < -0.4 is 0 Å². The van der Waals surface area contributed by atoms with Crippen LogP contribution in [0.25, 0.3) is 17.2 Å². The van der Waals surface area contributed by atoms with Gasteiger partial charge in [-0.3, -0.25) is 0 Å². The molecule has 0 fully saturated rings. The first-order chi connectivity index (χ1) is 16.4. The number of unbranched alkanes of at least 4 members (excludes halogenated alkanes) is 2. The molecular formula is C23H27BrF2N8. The number of aryl methyl sites for hydroxylation is 1. The smallest absolute Gasteiger partial charge is 0.308 e. The van der Waals surface area contributed by atoms with Gasteiger partial charge in [0, 0.05) is 29.2 Å². The number of aromatic amines is 1. The highest BCUT2D eigenvalue weighted by Crippen LogP contribution is 2.32. The number of rotatable bonds is 11. The summed E-state index contributed by atoms with van der Waals surface area (Å²) >= 11 is 3.53. The molecule has 3 aromatic heterocycles.